The molecule has 0 saturated heterocycles. The molecular weight excluding hydrogens is 322 g/mol. The van der Waals surface area contributed by atoms with Gasteiger partial charge < -0.3 is 10.1 Å². The SMILES string of the molecule is COc1ccc(NC(=O)CC=C(c2ccccc2)c2ccccc2)cc1. The molecule has 3 aromatic carbocycles. The number of carbonyl (C=O) groups excluding carboxylic acids is 1. The molecule has 3 nitrogen and oxygen atoms in total. The van der Waals surface area contributed by atoms with Gasteiger partial charge in [-0.2, -0.15) is 0 Å². The molecule has 3 rings (SSSR count). The van der Waals surface area contributed by atoms with Gasteiger partial charge in [0.1, 0.15) is 5.75 Å². The Morgan fingerprint density at radius 1 is 0.846 bits per heavy atom. The maximum absolute atomic E-state index is 12.3. The topological polar surface area (TPSA) is 38.3 Å². The lowest BCUT2D eigenvalue weighted by Crippen LogP contribution is -2.10. The summed E-state index contributed by atoms with van der Waals surface area (Å²) in [6, 6.07) is 27.5. The van der Waals surface area contributed by atoms with Gasteiger partial charge in [0.05, 0.1) is 7.11 Å². The first kappa shape index (κ1) is 17.5. The van der Waals surface area contributed by atoms with Crippen LogP contribution in [-0.4, -0.2) is 13.0 Å². The summed E-state index contributed by atoms with van der Waals surface area (Å²) in [5, 5.41) is 2.91. The first-order valence-corrected chi connectivity index (χ1v) is 8.51. The summed E-state index contributed by atoms with van der Waals surface area (Å²) in [5.41, 5.74) is 3.99. The smallest absolute Gasteiger partial charge is 0.228 e. The van der Waals surface area contributed by atoms with E-state index in [1.807, 2.05) is 66.7 Å². The number of nitrogens with one attached hydrogen (secondary N) is 1. The number of rotatable bonds is 6. The van der Waals surface area contributed by atoms with E-state index in [0.29, 0.717) is 6.42 Å². The van der Waals surface area contributed by atoms with Crippen LogP contribution >= 0.6 is 0 Å². The van der Waals surface area contributed by atoms with Crippen molar-refractivity contribution in [2.24, 2.45) is 0 Å². The van der Waals surface area contributed by atoms with Gasteiger partial charge in [0.2, 0.25) is 5.91 Å². The van der Waals surface area contributed by atoms with Crippen molar-refractivity contribution in [3.05, 3.63) is 102 Å². The maximum Gasteiger partial charge on any atom is 0.228 e. The van der Waals surface area contributed by atoms with Gasteiger partial charge in [-0.05, 0) is 41.0 Å². The van der Waals surface area contributed by atoms with Crippen LogP contribution in [-0.2, 0) is 4.79 Å². The summed E-state index contributed by atoms with van der Waals surface area (Å²) in [6.45, 7) is 0. The van der Waals surface area contributed by atoms with Crippen LogP contribution in [0.15, 0.2) is 91.0 Å². The van der Waals surface area contributed by atoms with Crippen molar-refractivity contribution in [2.45, 2.75) is 6.42 Å². The molecule has 0 radical (unpaired) electrons. The Hall–Kier alpha value is -3.33. The number of amides is 1. The first-order valence-electron chi connectivity index (χ1n) is 8.51. The summed E-state index contributed by atoms with van der Waals surface area (Å²) in [6.07, 6.45) is 2.27. The summed E-state index contributed by atoms with van der Waals surface area (Å²) in [5.74, 6) is 0.706. The average molecular weight is 343 g/mol. The number of benzene rings is 3. The maximum atomic E-state index is 12.3. The predicted octanol–water partition coefficient (Wildman–Crippen LogP) is 5.16. The Morgan fingerprint density at radius 3 is 1.88 bits per heavy atom. The highest BCUT2D eigenvalue weighted by atomic mass is 16.5. The van der Waals surface area contributed by atoms with Gasteiger partial charge in [-0.1, -0.05) is 66.7 Å². The zero-order chi connectivity index (χ0) is 18.2. The van der Waals surface area contributed by atoms with Gasteiger partial charge >= 0.3 is 0 Å². The van der Waals surface area contributed by atoms with E-state index in [1.165, 1.54) is 0 Å². The monoisotopic (exact) mass is 343 g/mol. The second-order valence-corrected chi connectivity index (χ2v) is 5.83. The van der Waals surface area contributed by atoms with E-state index in [-0.39, 0.29) is 5.91 Å². The highest BCUT2D eigenvalue weighted by Crippen LogP contribution is 2.24. The molecule has 1 N–H and O–H groups in total. The van der Waals surface area contributed by atoms with Gasteiger partial charge in [-0.15, -0.1) is 0 Å². The van der Waals surface area contributed by atoms with Crippen LogP contribution in [0.5, 0.6) is 5.75 Å². The minimum atomic E-state index is -0.0560. The molecule has 0 aliphatic heterocycles. The Bertz CT molecular complexity index is 828. The standard InChI is InChI=1S/C23H21NO2/c1-26-21-14-12-20(13-15-21)24-23(25)17-16-22(18-8-4-2-5-9-18)19-10-6-3-7-11-19/h2-16H,17H2,1H3,(H,24,25). The average Bonchev–Trinajstić information content (AvgIpc) is 2.70. The van der Waals surface area contributed by atoms with Crippen LogP contribution in [0, 0.1) is 0 Å². The molecule has 130 valence electrons. The second kappa shape index (κ2) is 8.67. The third-order valence-corrected chi connectivity index (χ3v) is 4.03. The molecule has 26 heavy (non-hydrogen) atoms. The molecule has 1 amide bonds. The number of methoxy groups -OCH3 is 1. The minimum Gasteiger partial charge on any atom is -0.497 e. The number of hydrogen-bond donors (Lipinski definition) is 1. The number of carbonyl (C=O) groups is 1. The van der Waals surface area contributed by atoms with Gasteiger partial charge in [0.15, 0.2) is 0 Å². The van der Waals surface area contributed by atoms with Gasteiger partial charge in [0.25, 0.3) is 0 Å². The predicted molar refractivity (Wildman–Crippen MR) is 106 cm³/mol. The molecule has 0 aliphatic carbocycles. The van der Waals surface area contributed by atoms with Gasteiger partial charge in [-0.25, -0.2) is 0 Å². The molecule has 0 unspecified atom stereocenters. The van der Waals surface area contributed by atoms with Gasteiger partial charge in [0, 0.05) is 12.1 Å². The van der Waals surface area contributed by atoms with Crippen LogP contribution in [0.4, 0.5) is 5.69 Å². The largest absolute Gasteiger partial charge is 0.497 e. The molecule has 0 atom stereocenters. The van der Waals surface area contributed by atoms with Crippen LogP contribution < -0.4 is 10.1 Å². The zero-order valence-electron chi connectivity index (χ0n) is 14.7. The van der Waals surface area contributed by atoms with E-state index >= 15 is 0 Å². The number of ether oxygens (including phenoxy) is 1. The third kappa shape index (κ3) is 4.61. The molecule has 0 fully saturated rings. The molecule has 0 spiro atoms. The summed E-state index contributed by atoms with van der Waals surface area (Å²) < 4.78 is 5.13. The quantitative estimate of drug-likeness (QED) is 0.672. The van der Waals surface area contributed by atoms with Crippen molar-refractivity contribution in [1.29, 1.82) is 0 Å². The molecule has 0 aromatic heterocycles. The fraction of sp³-hybridized carbons (Fsp3) is 0.0870. The van der Waals surface area contributed by atoms with E-state index in [1.54, 1.807) is 7.11 Å². The van der Waals surface area contributed by atoms with Crippen molar-refractivity contribution >= 4 is 17.2 Å². The number of anilines is 1. The van der Waals surface area contributed by atoms with Crippen molar-refractivity contribution in [3.8, 4) is 5.75 Å². The Morgan fingerprint density at radius 2 is 1.38 bits per heavy atom. The zero-order valence-corrected chi connectivity index (χ0v) is 14.7. The van der Waals surface area contributed by atoms with E-state index in [2.05, 4.69) is 29.6 Å². The van der Waals surface area contributed by atoms with E-state index in [4.69, 9.17) is 4.74 Å². The fourth-order valence-corrected chi connectivity index (χ4v) is 2.72. The lowest BCUT2D eigenvalue weighted by Gasteiger charge is -2.09. The lowest BCUT2D eigenvalue weighted by atomic mass is 9.97. The fourth-order valence-electron chi connectivity index (χ4n) is 2.72. The molecule has 0 aliphatic rings. The van der Waals surface area contributed by atoms with Crippen molar-refractivity contribution < 1.29 is 9.53 Å². The highest BCUT2D eigenvalue weighted by molar-refractivity contribution is 5.93. The highest BCUT2D eigenvalue weighted by Gasteiger charge is 2.06. The van der Waals surface area contributed by atoms with Gasteiger partial charge in [-0.3, -0.25) is 4.79 Å². The molecule has 3 heteroatoms. The summed E-state index contributed by atoms with van der Waals surface area (Å²) in [7, 11) is 1.62. The molecule has 3 aromatic rings. The van der Waals surface area contributed by atoms with Crippen LogP contribution in [0.1, 0.15) is 17.5 Å². The van der Waals surface area contributed by atoms with Crippen LogP contribution in [0.25, 0.3) is 5.57 Å². The first-order chi connectivity index (χ1) is 12.8. The molecule has 0 bridgehead atoms. The van der Waals surface area contributed by atoms with E-state index in [0.717, 1.165) is 28.1 Å². The van der Waals surface area contributed by atoms with E-state index in [9.17, 15) is 4.79 Å². The van der Waals surface area contributed by atoms with Crippen LogP contribution in [0.3, 0.4) is 0 Å². The minimum absolute atomic E-state index is 0.0560. The summed E-state index contributed by atoms with van der Waals surface area (Å²) >= 11 is 0. The van der Waals surface area contributed by atoms with Crippen molar-refractivity contribution in [3.63, 3.8) is 0 Å². The van der Waals surface area contributed by atoms with Crippen LogP contribution in [0.2, 0.25) is 0 Å². The molecule has 0 heterocycles. The normalized spacial score (nSPS) is 10.0. The Kier molecular flexibility index (Phi) is 5.84. The van der Waals surface area contributed by atoms with Crippen molar-refractivity contribution in [1.82, 2.24) is 0 Å². The lowest BCUT2D eigenvalue weighted by molar-refractivity contribution is -0.115. The van der Waals surface area contributed by atoms with Crippen molar-refractivity contribution in [2.75, 3.05) is 12.4 Å². The second-order valence-electron chi connectivity index (χ2n) is 5.83. The Labute approximate surface area is 154 Å². The Balaban J connectivity index is 1.76. The van der Waals surface area contributed by atoms with E-state index < -0.39 is 0 Å². The molecule has 0 saturated carbocycles. The number of hydrogen-bond acceptors (Lipinski definition) is 2. The third-order valence-electron chi connectivity index (χ3n) is 4.03. The summed E-state index contributed by atoms with van der Waals surface area (Å²) in [4.78, 5) is 12.3. The molecular formula is C23H21NO2.